The molecule has 0 aliphatic rings. The first kappa shape index (κ1) is 31.5. The van der Waals surface area contributed by atoms with Crippen LogP contribution in [0.15, 0.2) is 189 Å². The van der Waals surface area contributed by atoms with Crippen LogP contribution < -0.4 is 0 Å². The molecule has 0 saturated carbocycles. The largest absolute Gasteiger partial charge is 0.306 e. The molecule has 6 aromatic carbocycles. The van der Waals surface area contributed by atoms with Gasteiger partial charge in [-0.05, 0) is 48.5 Å². The molecule has 6 aromatic heterocycles. The predicted molar refractivity (Wildman–Crippen MR) is 232 cm³/mol. The van der Waals surface area contributed by atoms with Gasteiger partial charge < -0.3 is 9.13 Å². The van der Waals surface area contributed by atoms with Crippen LogP contribution in [0.1, 0.15) is 0 Å². The van der Waals surface area contributed by atoms with Gasteiger partial charge >= 0.3 is 0 Å². The Hall–Kier alpha value is -7.90. The predicted octanol–water partition coefficient (Wildman–Crippen LogP) is 11.9. The third kappa shape index (κ3) is 4.66. The molecule has 0 unspecified atom stereocenters. The molecule has 0 bridgehead atoms. The maximum absolute atomic E-state index is 5.55. The molecule has 57 heavy (non-hydrogen) atoms. The highest BCUT2D eigenvalue weighted by Gasteiger charge is 2.24. The Morgan fingerprint density at radius 1 is 0.351 bits per heavy atom. The molecular weight excluding hydrogens is 699 g/mol. The zero-order chi connectivity index (χ0) is 37.5. The summed E-state index contributed by atoms with van der Waals surface area (Å²) in [6.45, 7) is 0. The van der Waals surface area contributed by atoms with Gasteiger partial charge in [0.25, 0.3) is 0 Å². The van der Waals surface area contributed by atoms with Crippen LogP contribution in [0.5, 0.6) is 0 Å². The van der Waals surface area contributed by atoms with Gasteiger partial charge in [-0.2, -0.15) is 0 Å². The maximum Gasteiger partial charge on any atom is 0.235 e. The van der Waals surface area contributed by atoms with Crippen LogP contribution in [-0.4, -0.2) is 33.6 Å². The standard InChI is InChI=1S/C50H31N7/c1-2-13-32(14-3-1)40-29-41(54-50(53-40)57-44-22-10-6-15-33(44)34-16-7-11-23-45(34)57)39-19-12-24-46(55-42-20-8-4-17-35(42)37-25-27-51-30-47(37)55)49(39)56-43-21-9-5-18-36(43)38-26-28-52-31-48(38)56/h1-31H. The second-order valence-electron chi connectivity index (χ2n) is 14.3. The SMILES string of the molecule is c1ccc(-c2cc(-c3cccc(-n4c5ccccc5c5ccncc54)c3-n3c4ccccc4c4ccncc43)nc(-n3c4ccccc4c4ccccc43)n2)cc1. The van der Waals surface area contributed by atoms with Gasteiger partial charge in [0.15, 0.2) is 0 Å². The molecule has 0 atom stereocenters. The number of hydrogen-bond acceptors (Lipinski definition) is 4. The quantitative estimate of drug-likeness (QED) is 0.177. The van der Waals surface area contributed by atoms with Crippen molar-refractivity contribution in [2.75, 3.05) is 0 Å². The highest BCUT2D eigenvalue weighted by atomic mass is 15.2. The van der Waals surface area contributed by atoms with Gasteiger partial charge in [0.1, 0.15) is 0 Å². The summed E-state index contributed by atoms with van der Waals surface area (Å²) in [5, 5.41) is 6.90. The van der Waals surface area contributed by atoms with E-state index in [2.05, 4.69) is 181 Å². The van der Waals surface area contributed by atoms with Crippen molar-refractivity contribution in [3.05, 3.63) is 189 Å². The second-order valence-corrected chi connectivity index (χ2v) is 14.3. The summed E-state index contributed by atoms with van der Waals surface area (Å²) in [7, 11) is 0. The highest BCUT2D eigenvalue weighted by Crippen LogP contribution is 2.42. The normalized spacial score (nSPS) is 11.9. The van der Waals surface area contributed by atoms with Gasteiger partial charge in [0.05, 0.1) is 68.3 Å². The summed E-state index contributed by atoms with van der Waals surface area (Å²) in [6, 6.07) is 57.5. The lowest BCUT2D eigenvalue weighted by atomic mass is 10.0. The van der Waals surface area contributed by atoms with Crippen LogP contribution in [0.4, 0.5) is 0 Å². The average Bonchev–Trinajstić information content (AvgIpc) is 3.92. The van der Waals surface area contributed by atoms with Crippen molar-refractivity contribution in [2.45, 2.75) is 0 Å². The fourth-order valence-corrected chi connectivity index (χ4v) is 8.86. The number of para-hydroxylation sites is 5. The lowest BCUT2D eigenvalue weighted by Gasteiger charge is -2.21. The minimum Gasteiger partial charge on any atom is -0.306 e. The van der Waals surface area contributed by atoms with Crippen LogP contribution >= 0.6 is 0 Å². The zero-order valence-electron chi connectivity index (χ0n) is 30.5. The second kappa shape index (κ2) is 12.3. The van der Waals surface area contributed by atoms with Gasteiger partial charge in [0.2, 0.25) is 5.95 Å². The van der Waals surface area contributed by atoms with Gasteiger partial charge in [-0.15, -0.1) is 0 Å². The maximum atomic E-state index is 5.55. The summed E-state index contributed by atoms with van der Waals surface area (Å²) in [6.07, 6.45) is 7.69. The minimum atomic E-state index is 0.602. The van der Waals surface area contributed by atoms with Crippen molar-refractivity contribution in [2.24, 2.45) is 0 Å². The lowest BCUT2D eigenvalue weighted by Crippen LogP contribution is -2.08. The van der Waals surface area contributed by atoms with E-state index in [1.807, 2.05) is 30.9 Å². The molecule has 7 heteroatoms. The van der Waals surface area contributed by atoms with Crippen LogP contribution in [0.3, 0.4) is 0 Å². The van der Waals surface area contributed by atoms with Crippen molar-refractivity contribution in [3.63, 3.8) is 0 Å². The van der Waals surface area contributed by atoms with Crippen molar-refractivity contribution in [1.29, 1.82) is 0 Å². The van der Waals surface area contributed by atoms with E-state index in [4.69, 9.17) is 9.97 Å². The monoisotopic (exact) mass is 729 g/mol. The van der Waals surface area contributed by atoms with E-state index in [1.165, 1.54) is 0 Å². The Morgan fingerprint density at radius 2 is 0.825 bits per heavy atom. The molecule has 0 aliphatic heterocycles. The van der Waals surface area contributed by atoms with E-state index in [0.717, 1.165) is 99.3 Å². The fraction of sp³-hybridized carbons (Fsp3) is 0. The summed E-state index contributed by atoms with van der Waals surface area (Å²) >= 11 is 0. The Balaban J connectivity index is 1.25. The summed E-state index contributed by atoms with van der Waals surface area (Å²) in [5.74, 6) is 0.602. The molecule has 0 radical (unpaired) electrons. The molecule has 12 aromatic rings. The fourth-order valence-electron chi connectivity index (χ4n) is 8.86. The minimum absolute atomic E-state index is 0.602. The summed E-state index contributed by atoms with van der Waals surface area (Å²) in [5.41, 5.74) is 11.9. The summed E-state index contributed by atoms with van der Waals surface area (Å²) in [4.78, 5) is 20.2. The number of fused-ring (bicyclic) bond motifs is 9. The van der Waals surface area contributed by atoms with E-state index in [0.29, 0.717) is 5.95 Å². The Kier molecular flexibility index (Phi) is 6.79. The van der Waals surface area contributed by atoms with Crippen molar-refractivity contribution < 1.29 is 0 Å². The Bertz CT molecular complexity index is 3380. The van der Waals surface area contributed by atoms with E-state index in [1.54, 1.807) is 0 Å². The van der Waals surface area contributed by atoms with Crippen molar-refractivity contribution in [1.82, 2.24) is 33.6 Å². The van der Waals surface area contributed by atoms with Crippen molar-refractivity contribution in [3.8, 4) is 39.8 Å². The van der Waals surface area contributed by atoms with Gasteiger partial charge in [-0.1, -0.05) is 115 Å². The van der Waals surface area contributed by atoms with Crippen LogP contribution in [0, 0.1) is 0 Å². The number of pyridine rings is 2. The molecule has 0 saturated heterocycles. The summed E-state index contributed by atoms with van der Waals surface area (Å²) < 4.78 is 6.91. The molecule has 0 N–H and O–H groups in total. The Morgan fingerprint density at radius 3 is 1.42 bits per heavy atom. The van der Waals surface area contributed by atoms with E-state index >= 15 is 0 Å². The molecule has 12 rings (SSSR count). The molecule has 0 aliphatic carbocycles. The third-order valence-electron chi connectivity index (χ3n) is 11.3. The van der Waals surface area contributed by atoms with Gasteiger partial charge in [0, 0.05) is 55.8 Å². The molecule has 0 fully saturated rings. The molecule has 266 valence electrons. The van der Waals surface area contributed by atoms with Gasteiger partial charge in [-0.3, -0.25) is 14.5 Å². The van der Waals surface area contributed by atoms with E-state index in [9.17, 15) is 0 Å². The third-order valence-corrected chi connectivity index (χ3v) is 11.3. The molecule has 0 spiro atoms. The van der Waals surface area contributed by atoms with Crippen LogP contribution in [-0.2, 0) is 0 Å². The average molecular weight is 730 g/mol. The first-order valence-electron chi connectivity index (χ1n) is 19.1. The smallest absolute Gasteiger partial charge is 0.235 e. The molecule has 7 nitrogen and oxygen atoms in total. The number of benzene rings is 6. The van der Waals surface area contributed by atoms with Crippen molar-refractivity contribution >= 4 is 65.4 Å². The number of rotatable bonds is 5. The van der Waals surface area contributed by atoms with Gasteiger partial charge in [-0.25, -0.2) is 9.97 Å². The first-order valence-corrected chi connectivity index (χ1v) is 19.1. The molecule has 6 heterocycles. The van der Waals surface area contributed by atoms with E-state index < -0.39 is 0 Å². The van der Waals surface area contributed by atoms with Crippen LogP contribution in [0.25, 0.3) is 105 Å². The number of aromatic nitrogens is 7. The lowest BCUT2D eigenvalue weighted by molar-refractivity contribution is 0.993. The highest BCUT2D eigenvalue weighted by molar-refractivity contribution is 6.12. The number of hydrogen-bond donors (Lipinski definition) is 0. The Labute approximate surface area is 326 Å². The number of nitrogens with zero attached hydrogens (tertiary/aromatic N) is 7. The molecule has 0 amide bonds. The zero-order valence-corrected chi connectivity index (χ0v) is 30.5. The molecular formula is C50H31N7. The first-order chi connectivity index (χ1) is 28.3. The van der Waals surface area contributed by atoms with E-state index in [-0.39, 0.29) is 0 Å². The topological polar surface area (TPSA) is 66.3 Å². The van der Waals surface area contributed by atoms with Crippen LogP contribution in [0.2, 0.25) is 0 Å².